The van der Waals surface area contributed by atoms with E-state index in [1.807, 2.05) is 35.7 Å². The van der Waals surface area contributed by atoms with E-state index in [-0.39, 0.29) is 22.8 Å². The summed E-state index contributed by atoms with van der Waals surface area (Å²) >= 11 is 4.63. The topological polar surface area (TPSA) is 113 Å². The maximum absolute atomic E-state index is 10.8. The van der Waals surface area contributed by atoms with Crippen LogP contribution in [0.5, 0.6) is 0 Å². The monoisotopic (exact) mass is 493 g/mol. The summed E-state index contributed by atoms with van der Waals surface area (Å²) < 4.78 is 6.63. The molecule has 4 rings (SSSR count). The summed E-state index contributed by atoms with van der Waals surface area (Å²) in [6.07, 6.45) is 0. The smallest absolute Gasteiger partial charge is 0.269 e. The summed E-state index contributed by atoms with van der Waals surface area (Å²) in [5.41, 5.74) is 2.16. The zero-order valence-corrected chi connectivity index (χ0v) is 18.1. The highest BCUT2D eigenvalue weighted by molar-refractivity contribution is 9.10. The van der Waals surface area contributed by atoms with Crippen molar-refractivity contribution in [2.24, 2.45) is 0 Å². The fourth-order valence-corrected chi connectivity index (χ4v) is 3.92. The Morgan fingerprint density at radius 2 is 1.77 bits per heavy atom. The van der Waals surface area contributed by atoms with E-state index in [4.69, 9.17) is 4.42 Å². The Morgan fingerprint density at radius 3 is 2.42 bits per heavy atom. The molecule has 0 radical (unpaired) electrons. The Labute approximate surface area is 188 Å². The molecule has 31 heavy (non-hydrogen) atoms. The summed E-state index contributed by atoms with van der Waals surface area (Å²) in [7, 11) is 0. The van der Waals surface area contributed by atoms with Gasteiger partial charge in [0.1, 0.15) is 22.4 Å². The van der Waals surface area contributed by atoms with E-state index in [0.29, 0.717) is 22.0 Å². The molecule has 0 saturated heterocycles. The first-order chi connectivity index (χ1) is 15.0. The van der Waals surface area contributed by atoms with Crippen LogP contribution in [0.2, 0.25) is 0 Å². The molecule has 7 nitrogen and oxygen atoms in total. The highest BCUT2D eigenvalue weighted by atomic mass is 79.9. The van der Waals surface area contributed by atoms with Gasteiger partial charge in [0.05, 0.1) is 10.6 Å². The van der Waals surface area contributed by atoms with Crippen LogP contribution in [0.25, 0.3) is 33.9 Å². The van der Waals surface area contributed by atoms with Crippen molar-refractivity contribution in [3.8, 4) is 28.7 Å². The molecule has 0 unspecified atom stereocenters. The first-order valence-corrected chi connectivity index (χ1v) is 10.5. The second-order valence-electron chi connectivity index (χ2n) is 6.35. The van der Waals surface area contributed by atoms with Gasteiger partial charge in [-0.05, 0) is 36.4 Å². The Morgan fingerprint density at radius 1 is 1.10 bits per heavy atom. The number of nitriles is 1. The van der Waals surface area contributed by atoms with Crippen LogP contribution in [0.4, 0.5) is 5.69 Å². The molecular formula is C22H12BrN3O4S. The van der Waals surface area contributed by atoms with Gasteiger partial charge in [0, 0.05) is 33.1 Å². The van der Waals surface area contributed by atoms with Crippen molar-refractivity contribution in [1.82, 2.24) is 4.98 Å². The average molecular weight is 494 g/mol. The first kappa shape index (κ1) is 20.5. The molecule has 0 amide bonds. The standard InChI is InChI=1S/C22H12BrN3O4S/c23-15-5-1-13(2-6-15)18-12-31-22(25-18)17(11-24)21(27)20-10-9-19(30-20)14-3-7-16(8-4-14)26(28)29/h1-10,12,27H/b21-17-. The molecular weight excluding hydrogens is 482 g/mol. The Kier molecular flexibility index (Phi) is 5.66. The molecule has 0 aliphatic heterocycles. The van der Waals surface area contributed by atoms with Crippen LogP contribution in [-0.4, -0.2) is 15.0 Å². The van der Waals surface area contributed by atoms with Gasteiger partial charge in [-0.15, -0.1) is 11.3 Å². The molecule has 9 heteroatoms. The molecule has 0 bridgehead atoms. The van der Waals surface area contributed by atoms with Crippen molar-refractivity contribution >= 4 is 44.3 Å². The molecule has 0 saturated carbocycles. The third-order valence-electron chi connectivity index (χ3n) is 4.41. The van der Waals surface area contributed by atoms with Gasteiger partial charge in [-0.1, -0.05) is 28.1 Å². The van der Waals surface area contributed by atoms with E-state index in [1.54, 1.807) is 18.2 Å². The van der Waals surface area contributed by atoms with E-state index in [0.717, 1.165) is 10.0 Å². The van der Waals surface area contributed by atoms with Crippen molar-refractivity contribution in [2.45, 2.75) is 0 Å². The van der Waals surface area contributed by atoms with Crippen LogP contribution in [0.15, 0.2) is 74.9 Å². The van der Waals surface area contributed by atoms with Crippen molar-refractivity contribution < 1.29 is 14.4 Å². The number of nitrogens with zero attached hydrogens (tertiary/aromatic N) is 3. The number of hydrogen-bond donors (Lipinski definition) is 1. The van der Waals surface area contributed by atoms with Gasteiger partial charge in [-0.2, -0.15) is 5.26 Å². The molecule has 0 aliphatic carbocycles. The number of nitro benzene ring substituents is 1. The molecule has 2 aromatic carbocycles. The van der Waals surface area contributed by atoms with Gasteiger partial charge in [0.25, 0.3) is 5.69 Å². The second kappa shape index (κ2) is 8.55. The number of thiazole rings is 1. The van der Waals surface area contributed by atoms with Crippen LogP contribution in [0.3, 0.4) is 0 Å². The Bertz CT molecular complexity index is 1330. The van der Waals surface area contributed by atoms with Gasteiger partial charge >= 0.3 is 0 Å². The fourth-order valence-electron chi connectivity index (χ4n) is 2.83. The number of rotatable bonds is 5. The lowest BCUT2D eigenvalue weighted by atomic mass is 10.1. The molecule has 152 valence electrons. The molecule has 0 aliphatic rings. The van der Waals surface area contributed by atoms with Crippen LogP contribution >= 0.6 is 27.3 Å². The van der Waals surface area contributed by atoms with Gasteiger partial charge < -0.3 is 9.52 Å². The second-order valence-corrected chi connectivity index (χ2v) is 8.12. The lowest BCUT2D eigenvalue weighted by Crippen LogP contribution is -1.89. The molecule has 0 atom stereocenters. The number of hydrogen-bond acceptors (Lipinski definition) is 7. The van der Waals surface area contributed by atoms with Crippen molar-refractivity contribution in [2.75, 3.05) is 0 Å². The molecule has 2 heterocycles. The fraction of sp³-hybridized carbons (Fsp3) is 0. The average Bonchev–Trinajstić information content (AvgIpc) is 3.45. The zero-order valence-electron chi connectivity index (χ0n) is 15.7. The minimum Gasteiger partial charge on any atom is -0.503 e. The zero-order chi connectivity index (χ0) is 22.0. The van der Waals surface area contributed by atoms with E-state index in [1.165, 1.54) is 29.5 Å². The normalized spacial score (nSPS) is 11.6. The van der Waals surface area contributed by atoms with E-state index >= 15 is 0 Å². The highest BCUT2D eigenvalue weighted by Gasteiger charge is 2.18. The number of halogens is 1. The highest BCUT2D eigenvalue weighted by Crippen LogP contribution is 2.33. The molecule has 0 spiro atoms. The van der Waals surface area contributed by atoms with E-state index < -0.39 is 4.92 Å². The maximum atomic E-state index is 10.8. The summed E-state index contributed by atoms with van der Waals surface area (Å²) in [5.74, 6) is 0.182. The van der Waals surface area contributed by atoms with Crippen molar-refractivity contribution in [3.63, 3.8) is 0 Å². The van der Waals surface area contributed by atoms with Crippen molar-refractivity contribution in [3.05, 3.63) is 91.4 Å². The third-order valence-corrected chi connectivity index (χ3v) is 5.80. The molecule has 2 aromatic heterocycles. The third kappa shape index (κ3) is 4.26. The number of aliphatic hydroxyl groups is 1. The maximum Gasteiger partial charge on any atom is 0.269 e. The van der Waals surface area contributed by atoms with Gasteiger partial charge in [0.2, 0.25) is 0 Å². The Balaban J connectivity index is 1.65. The van der Waals surface area contributed by atoms with E-state index in [2.05, 4.69) is 20.9 Å². The number of aromatic nitrogens is 1. The predicted molar refractivity (Wildman–Crippen MR) is 121 cm³/mol. The predicted octanol–water partition coefficient (Wildman–Crippen LogP) is 6.69. The number of benzene rings is 2. The lowest BCUT2D eigenvalue weighted by molar-refractivity contribution is -0.384. The van der Waals surface area contributed by atoms with Crippen LogP contribution in [-0.2, 0) is 0 Å². The SMILES string of the molecule is N#C/C(=C(/O)c1ccc(-c2ccc([N+](=O)[O-])cc2)o1)c1nc(-c2ccc(Br)cc2)cs1. The molecule has 4 aromatic rings. The number of non-ortho nitro benzene ring substituents is 1. The largest absolute Gasteiger partial charge is 0.503 e. The van der Waals surface area contributed by atoms with Crippen molar-refractivity contribution in [1.29, 1.82) is 5.26 Å². The number of aliphatic hydroxyl groups excluding tert-OH is 1. The molecule has 1 N–H and O–H groups in total. The first-order valence-electron chi connectivity index (χ1n) is 8.86. The van der Waals surface area contributed by atoms with Gasteiger partial charge in [-0.3, -0.25) is 10.1 Å². The van der Waals surface area contributed by atoms with Crippen LogP contribution in [0, 0.1) is 21.4 Å². The number of allylic oxidation sites excluding steroid dienone is 1. The Hall–Kier alpha value is -3.74. The quantitative estimate of drug-likeness (QED) is 0.143. The summed E-state index contributed by atoms with van der Waals surface area (Å²) in [6, 6.07) is 18.6. The number of furan rings is 1. The van der Waals surface area contributed by atoms with Gasteiger partial charge in [-0.25, -0.2) is 4.98 Å². The molecule has 0 fully saturated rings. The minimum atomic E-state index is -0.484. The minimum absolute atomic E-state index is 0.00189. The van der Waals surface area contributed by atoms with Crippen LogP contribution in [0.1, 0.15) is 10.8 Å². The summed E-state index contributed by atoms with van der Waals surface area (Å²) in [5, 5.41) is 33.3. The summed E-state index contributed by atoms with van der Waals surface area (Å²) in [6.45, 7) is 0. The van der Waals surface area contributed by atoms with Crippen LogP contribution < -0.4 is 0 Å². The van der Waals surface area contributed by atoms with Gasteiger partial charge in [0.15, 0.2) is 11.5 Å². The van der Waals surface area contributed by atoms with E-state index in [9.17, 15) is 20.5 Å². The summed E-state index contributed by atoms with van der Waals surface area (Å²) in [4.78, 5) is 14.8. The lowest BCUT2D eigenvalue weighted by Gasteiger charge is -2.00. The number of nitro groups is 1.